The van der Waals surface area contributed by atoms with Crippen LogP contribution in [-0.2, 0) is 14.3 Å². The van der Waals surface area contributed by atoms with Crippen LogP contribution in [0.5, 0.6) is 0 Å². The minimum absolute atomic E-state index is 0.179. The van der Waals surface area contributed by atoms with Crippen molar-refractivity contribution in [3.05, 3.63) is 11.8 Å². The van der Waals surface area contributed by atoms with Crippen molar-refractivity contribution in [2.75, 3.05) is 13.2 Å². The zero-order valence-corrected chi connectivity index (χ0v) is 8.04. The molecule has 0 aromatic heterocycles. The summed E-state index contributed by atoms with van der Waals surface area (Å²) in [7, 11) is 0. The van der Waals surface area contributed by atoms with Crippen LogP contribution in [-0.4, -0.2) is 19.2 Å². The van der Waals surface area contributed by atoms with E-state index < -0.39 is 0 Å². The van der Waals surface area contributed by atoms with Crippen LogP contribution >= 0.6 is 0 Å². The summed E-state index contributed by atoms with van der Waals surface area (Å²) < 4.78 is 10.1. The first-order valence-corrected chi connectivity index (χ1v) is 4.80. The lowest BCUT2D eigenvalue weighted by Crippen LogP contribution is -2.07. The number of esters is 1. The van der Waals surface area contributed by atoms with Crippen LogP contribution in [0.2, 0.25) is 0 Å². The van der Waals surface area contributed by atoms with Gasteiger partial charge in [0.15, 0.2) is 0 Å². The van der Waals surface area contributed by atoms with Crippen molar-refractivity contribution in [1.29, 1.82) is 0 Å². The van der Waals surface area contributed by atoms with E-state index in [4.69, 9.17) is 9.47 Å². The smallest absolute Gasteiger partial charge is 0.313 e. The quantitative estimate of drug-likeness (QED) is 0.484. The highest BCUT2D eigenvalue weighted by Gasteiger charge is 2.10. The van der Waals surface area contributed by atoms with Crippen molar-refractivity contribution in [3.63, 3.8) is 0 Å². The molecule has 0 bridgehead atoms. The van der Waals surface area contributed by atoms with Crippen LogP contribution < -0.4 is 0 Å². The Hall–Kier alpha value is -0.830. The lowest BCUT2D eigenvalue weighted by molar-refractivity contribution is -0.140. The van der Waals surface area contributed by atoms with E-state index in [1.807, 2.05) is 13.0 Å². The SMILES string of the molecule is CCOCCC(=O)OC1=CCCC1. The van der Waals surface area contributed by atoms with Crippen LogP contribution in [0.15, 0.2) is 11.8 Å². The molecule has 1 aliphatic rings. The molecular weight excluding hydrogens is 168 g/mol. The monoisotopic (exact) mass is 184 g/mol. The first-order chi connectivity index (χ1) is 6.33. The Balaban J connectivity index is 2.10. The Morgan fingerprint density at radius 2 is 2.46 bits per heavy atom. The summed E-state index contributed by atoms with van der Waals surface area (Å²) in [5, 5.41) is 0. The average molecular weight is 184 g/mol. The summed E-state index contributed by atoms with van der Waals surface area (Å²) in [6, 6.07) is 0. The molecule has 0 aliphatic heterocycles. The molecule has 3 nitrogen and oxygen atoms in total. The number of rotatable bonds is 5. The van der Waals surface area contributed by atoms with Crippen LogP contribution in [0.1, 0.15) is 32.6 Å². The van der Waals surface area contributed by atoms with E-state index in [1.165, 1.54) is 0 Å². The van der Waals surface area contributed by atoms with Crippen LogP contribution in [0, 0.1) is 0 Å². The molecular formula is C10H16O3. The molecule has 1 rings (SSSR count). The van der Waals surface area contributed by atoms with Gasteiger partial charge in [-0.1, -0.05) is 0 Å². The highest BCUT2D eigenvalue weighted by Crippen LogP contribution is 2.18. The van der Waals surface area contributed by atoms with Crippen molar-refractivity contribution < 1.29 is 14.3 Å². The van der Waals surface area contributed by atoms with Crippen molar-refractivity contribution in [3.8, 4) is 0 Å². The Labute approximate surface area is 78.7 Å². The zero-order chi connectivity index (χ0) is 9.52. The minimum Gasteiger partial charge on any atom is -0.431 e. The second-order valence-corrected chi connectivity index (χ2v) is 2.98. The van der Waals surface area contributed by atoms with Gasteiger partial charge in [-0.15, -0.1) is 0 Å². The third-order valence-electron chi connectivity index (χ3n) is 1.90. The molecule has 0 amide bonds. The first-order valence-electron chi connectivity index (χ1n) is 4.80. The number of carbonyl (C=O) groups excluding carboxylic acids is 1. The second-order valence-electron chi connectivity index (χ2n) is 2.98. The van der Waals surface area contributed by atoms with Crippen LogP contribution in [0.3, 0.4) is 0 Å². The molecule has 0 atom stereocenters. The third kappa shape index (κ3) is 4.08. The molecule has 13 heavy (non-hydrogen) atoms. The Bertz CT molecular complexity index is 196. The highest BCUT2D eigenvalue weighted by atomic mass is 16.5. The average Bonchev–Trinajstić information content (AvgIpc) is 2.57. The lowest BCUT2D eigenvalue weighted by Gasteiger charge is -2.04. The molecule has 0 saturated carbocycles. The van der Waals surface area contributed by atoms with Gasteiger partial charge in [0.05, 0.1) is 13.0 Å². The van der Waals surface area contributed by atoms with E-state index in [1.54, 1.807) is 0 Å². The van der Waals surface area contributed by atoms with Crippen molar-refractivity contribution in [1.82, 2.24) is 0 Å². The third-order valence-corrected chi connectivity index (χ3v) is 1.90. The van der Waals surface area contributed by atoms with Crippen molar-refractivity contribution in [2.45, 2.75) is 32.6 Å². The van der Waals surface area contributed by atoms with Gasteiger partial charge < -0.3 is 9.47 Å². The summed E-state index contributed by atoms with van der Waals surface area (Å²) in [5.74, 6) is 0.656. The maximum atomic E-state index is 11.1. The molecule has 0 fully saturated rings. The van der Waals surface area contributed by atoms with Crippen LogP contribution in [0.25, 0.3) is 0 Å². The first kappa shape index (κ1) is 10.3. The molecule has 0 saturated heterocycles. The van der Waals surface area contributed by atoms with E-state index in [-0.39, 0.29) is 5.97 Å². The molecule has 0 unspecified atom stereocenters. The molecule has 0 N–H and O–H groups in total. The van der Waals surface area contributed by atoms with Gasteiger partial charge in [0, 0.05) is 13.0 Å². The number of allylic oxidation sites excluding steroid dienone is 2. The fraction of sp³-hybridized carbons (Fsp3) is 0.700. The van der Waals surface area contributed by atoms with Gasteiger partial charge in [0.2, 0.25) is 0 Å². The predicted molar refractivity (Wildman–Crippen MR) is 49.1 cm³/mol. The fourth-order valence-electron chi connectivity index (χ4n) is 1.23. The number of hydrogen-bond donors (Lipinski definition) is 0. The minimum atomic E-state index is -0.179. The van der Waals surface area contributed by atoms with Gasteiger partial charge in [-0.05, 0) is 25.8 Å². The molecule has 0 radical (unpaired) electrons. The van der Waals surface area contributed by atoms with Crippen molar-refractivity contribution >= 4 is 5.97 Å². The molecule has 0 heterocycles. The number of hydrogen-bond acceptors (Lipinski definition) is 3. The standard InChI is InChI=1S/C10H16O3/c1-2-12-8-7-10(11)13-9-5-3-4-6-9/h5H,2-4,6-8H2,1H3. The van der Waals surface area contributed by atoms with E-state index in [2.05, 4.69) is 0 Å². The molecule has 0 aromatic rings. The van der Waals surface area contributed by atoms with Gasteiger partial charge in [-0.2, -0.15) is 0 Å². The number of carbonyl (C=O) groups is 1. The zero-order valence-electron chi connectivity index (χ0n) is 8.04. The fourth-order valence-corrected chi connectivity index (χ4v) is 1.23. The van der Waals surface area contributed by atoms with Gasteiger partial charge in [-0.3, -0.25) is 4.79 Å². The van der Waals surface area contributed by atoms with Crippen molar-refractivity contribution in [2.24, 2.45) is 0 Å². The number of ether oxygens (including phenoxy) is 2. The lowest BCUT2D eigenvalue weighted by atomic mass is 10.3. The normalized spacial score (nSPS) is 15.6. The maximum Gasteiger partial charge on any atom is 0.313 e. The molecule has 0 aromatic carbocycles. The van der Waals surface area contributed by atoms with E-state index >= 15 is 0 Å². The van der Waals surface area contributed by atoms with Gasteiger partial charge >= 0.3 is 5.97 Å². The van der Waals surface area contributed by atoms with E-state index in [9.17, 15) is 4.79 Å². The van der Waals surface area contributed by atoms with Gasteiger partial charge in [0.1, 0.15) is 5.76 Å². The summed E-state index contributed by atoms with van der Waals surface area (Å²) in [5.41, 5.74) is 0. The molecule has 3 heteroatoms. The summed E-state index contributed by atoms with van der Waals surface area (Å²) in [6.07, 6.45) is 5.38. The second kappa shape index (κ2) is 5.75. The van der Waals surface area contributed by atoms with E-state index in [0.717, 1.165) is 25.0 Å². The topological polar surface area (TPSA) is 35.5 Å². The summed E-state index contributed by atoms with van der Waals surface area (Å²) >= 11 is 0. The Morgan fingerprint density at radius 1 is 1.62 bits per heavy atom. The summed E-state index contributed by atoms with van der Waals surface area (Å²) in [6.45, 7) is 3.02. The highest BCUT2D eigenvalue weighted by molar-refractivity contribution is 5.70. The van der Waals surface area contributed by atoms with Gasteiger partial charge in [-0.25, -0.2) is 0 Å². The Kier molecular flexibility index (Phi) is 4.54. The van der Waals surface area contributed by atoms with Crippen LogP contribution in [0.4, 0.5) is 0 Å². The molecule has 1 aliphatic carbocycles. The summed E-state index contributed by atoms with van der Waals surface area (Å²) in [4.78, 5) is 11.1. The van der Waals surface area contributed by atoms with E-state index in [0.29, 0.717) is 19.6 Å². The van der Waals surface area contributed by atoms with Gasteiger partial charge in [0.25, 0.3) is 0 Å². The Morgan fingerprint density at radius 3 is 3.08 bits per heavy atom. The largest absolute Gasteiger partial charge is 0.431 e. The maximum absolute atomic E-state index is 11.1. The molecule has 74 valence electrons. The predicted octanol–water partition coefficient (Wildman–Crippen LogP) is 2.02. The molecule has 0 spiro atoms.